The molecule has 0 aromatic heterocycles. The van der Waals surface area contributed by atoms with Crippen molar-refractivity contribution in [3.8, 4) is 0 Å². The average Bonchev–Trinajstić information content (AvgIpc) is 1.93. The standard InChI is InChI=1S/C9H17O2/c1-3-6-10-8(4-2)9-5-7-11-9/h6,8-9H,3-5,7H2,1-2H3. The third-order valence-corrected chi connectivity index (χ3v) is 1.99. The van der Waals surface area contributed by atoms with Gasteiger partial charge in [0, 0.05) is 6.61 Å². The number of hydrogen-bond acceptors (Lipinski definition) is 2. The Morgan fingerprint density at radius 1 is 1.64 bits per heavy atom. The molecule has 0 bridgehead atoms. The van der Waals surface area contributed by atoms with E-state index in [0.717, 1.165) is 25.9 Å². The van der Waals surface area contributed by atoms with Gasteiger partial charge >= 0.3 is 0 Å². The maximum Gasteiger partial charge on any atom is 0.0858 e. The SMILES string of the molecule is CC[CH]OC(CC)C1CCO1. The highest BCUT2D eigenvalue weighted by atomic mass is 16.6. The van der Waals surface area contributed by atoms with E-state index < -0.39 is 0 Å². The van der Waals surface area contributed by atoms with E-state index in [1.54, 1.807) is 0 Å². The minimum Gasteiger partial charge on any atom is -0.375 e. The topological polar surface area (TPSA) is 18.5 Å². The molecule has 1 fully saturated rings. The van der Waals surface area contributed by atoms with Gasteiger partial charge in [0.1, 0.15) is 0 Å². The van der Waals surface area contributed by atoms with Crippen molar-refractivity contribution in [3.05, 3.63) is 6.61 Å². The first-order chi connectivity index (χ1) is 5.38. The van der Waals surface area contributed by atoms with Crippen LogP contribution in [0, 0.1) is 6.61 Å². The lowest BCUT2D eigenvalue weighted by Gasteiger charge is -2.33. The van der Waals surface area contributed by atoms with Gasteiger partial charge in [-0.3, -0.25) is 0 Å². The van der Waals surface area contributed by atoms with Crippen LogP contribution in [-0.4, -0.2) is 18.8 Å². The summed E-state index contributed by atoms with van der Waals surface area (Å²) in [5, 5.41) is 0. The van der Waals surface area contributed by atoms with E-state index in [4.69, 9.17) is 9.47 Å². The third-order valence-electron chi connectivity index (χ3n) is 1.99. The van der Waals surface area contributed by atoms with Crippen molar-refractivity contribution in [2.24, 2.45) is 0 Å². The van der Waals surface area contributed by atoms with Crippen molar-refractivity contribution in [3.63, 3.8) is 0 Å². The highest BCUT2D eigenvalue weighted by Gasteiger charge is 2.27. The minimum atomic E-state index is 0.295. The lowest BCUT2D eigenvalue weighted by Crippen LogP contribution is -2.39. The van der Waals surface area contributed by atoms with E-state index in [1.807, 2.05) is 6.61 Å². The molecule has 2 atom stereocenters. The normalized spacial score (nSPS) is 26.2. The summed E-state index contributed by atoms with van der Waals surface area (Å²) < 4.78 is 10.8. The molecule has 0 spiro atoms. The average molecular weight is 157 g/mol. The van der Waals surface area contributed by atoms with E-state index in [-0.39, 0.29) is 0 Å². The summed E-state index contributed by atoms with van der Waals surface area (Å²) >= 11 is 0. The Hall–Kier alpha value is -0.0800. The summed E-state index contributed by atoms with van der Waals surface area (Å²) in [6.45, 7) is 7.00. The summed E-state index contributed by atoms with van der Waals surface area (Å²) in [7, 11) is 0. The highest BCUT2D eigenvalue weighted by Crippen LogP contribution is 2.20. The lowest BCUT2D eigenvalue weighted by atomic mass is 10.1. The fourth-order valence-corrected chi connectivity index (χ4v) is 1.21. The van der Waals surface area contributed by atoms with Crippen LogP contribution in [0.4, 0.5) is 0 Å². The van der Waals surface area contributed by atoms with Gasteiger partial charge in [-0.15, -0.1) is 0 Å². The molecule has 0 amide bonds. The first-order valence-corrected chi connectivity index (χ1v) is 4.47. The zero-order valence-corrected chi connectivity index (χ0v) is 7.38. The van der Waals surface area contributed by atoms with Gasteiger partial charge in [-0.1, -0.05) is 13.8 Å². The monoisotopic (exact) mass is 157 g/mol. The van der Waals surface area contributed by atoms with E-state index >= 15 is 0 Å². The van der Waals surface area contributed by atoms with Crippen molar-refractivity contribution in [2.75, 3.05) is 6.61 Å². The Kier molecular flexibility index (Phi) is 3.87. The number of rotatable bonds is 5. The van der Waals surface area contributed by atoms with E-state index in [2.05, 4.69) is 13.8 Å². The molecular formula is C9H17O2. The van der Waals surface area contributed by atoms with Crippen LogP contribution in [-0.2, 0) is 9.47 Å². The molecule has 0 aromatic carbocycles. The van der Waals surface area contributed by atoms with Gasteiger partial charge in [0.2, 0.25) is 0 Å². The van der Waals surface area contributed by atoms with Crippen LogP contribution in [0.15, 0.2) is 0 Å². The van der Waals surface area contributed by atoms with Crippen molar-refractivity contribution in [1.82, 2.24) is 0 Å². The highest BCUT2D eigenvalue weighted by molar-refractivity contribution is 4.76. The second-order valence-electron chi connectivity index (χ2n) is 2.86. The fraction of sp³-hybridized carbons (Fsp3) is 0.889. The Morgan fingerprint density at radius 3 is 2.73 bits per heavy atom. The van der Waals surface area contributed by atoms with Gasteiger partial charge in [0.25, 0.3) is 0 Å². The predicted octanol–water partition coefficient (Wildman–Crippen LogP) is 2.14. The maximum absolute atomic E-state index is 5.49. The molecule has 2 nitrogen and oxygen atoms in total. The second kappa shape index (κ2) is 4.73. The Bertz CT molecular complexity index is 99.7. The predicted molar refractivity (Wildman–Crippen MR) is 44.1 cm³/mol. The molecule has 1 heterocycles. The van der Waals surface area contributed by atoms with Crippen molar-refractivity contribution in [2.45, 2.75) is 45.3 Å². The number of hydrogen-bond donors (Lipinski definition) is 0. The molecular weight excluding hydrogens is 140 g/mol. The molecule has 1 radical (unpaired) electrons. The van der Waals surface area contributed by atoms with Crippen LogP contribution < -0.4 is 0 Å². The van der Waals surface area contributed by atoms with Crippen molar-refractivity contribution >= 4 is 0 Å². The summed E-state index contributed by atoms with van der Waals surface area (Å²) in [6.07, 6.45) is 3.84. The largest absolute Gasteiger partial charge is 0.375 e. The molecule has 1 aliphatic rings. The Labute approximate surface area is 68.9 Å². The second-order valence-corrected chi connectivity index (χ2v) is 2.86. The van der Waals surface area contributed by atoms with Crippen LogP contribution in [0.3, 0.4) is 0 Å². The minimum absolute atomic E-state index is 0.295. The van der Waals surface area contributed by atoms with E-state index in [1.165, 1.54) is 0 Å². The number of ether oxygens (including phenoxy) is 2. The zero-order valence-electron chi connectivity index (χ0n) is 7.38. The molecule has 2 unspecified atom stereocenters. The molecule has 0 aromatic rings. The molecule has 65 valence electrons. The van der Waals surface area contributed by atoms with Gasteiger partial charge in [0.15, 0.2) is 0 Å². The molecule has 1 rings (SSSR count). The Morgan fingerprint density at radius 2 is 2.36 bits per heavy atom. The first kappa shape index (κ1) is 9.01. The van der Waals surface area contributed by atoms with Gasteiger partial charge in [-0.2, -0.15) is 0 Å². The smallest absolute Gasteiger partial charge is 0.0858 e. The lowest BCUT2D eigenvalue weighted by molar-refractivity contribution is -0.127. The van der Waals surface area contributed by atoms with Crippen LogP contribution >= 0.6 is 0 Å². The van der Waals surface area contributed by atoms with Gasteiger partial charge in [-0.05, 0) is 19.3 Å². The van der Waals surface area contributed by atoms with Crippen LogP contribution in [0.25, 0.3) is 0 Å². The molecule has 0 N–H and O–H groups in total. The molecule has 1 aliphatic heterocycles. The summed E-state index contributed by atoms with van der Waals surface area (Å²) in [5.41, 5.74) is 0. The summed E-state index contributed by atoms with van der Waals surface area (Å²) in [4.78, 5) is 0. The summed E-state index contributed by atoms with van der Waals surface area (Å²) in [6, 6.07) is 0. The molecule has 1 saturated heterocycles. The van der Waals surface area contributed by atoms with Crippen LogP contribution in [0.1, 0.15) is 33.1 Å². The first-order valence-electron chi connectivity index (χ1n) is 4.47. The molecule has 0 saturated carbocycles. The molecule has 11 heavy (non-hydrogen) atoms. The van der Waals surface area contributed by atoms with Crippen molar-refractivity contribution in [1.29, 1.82) is 0 Å². The fourth-order valence-electron chi connectivity index (χ4n) is 1.21. The van der Waals surface area contributed by atoms with Gasteiger partial charge in [0.05, 0.1) is 18.8 Å². The van der Waals surface area contributed by atoms with Crippen LogP contribution in [0.2, 0.25) is 0 Å². The van der Waals surface area contributed by atoms with Crippen molar-refractivity contribution < 1.29 is 9.47 Å². The zero-order chi connectivity index (χ0) is 8.10. The Balaban J connectivity index is 2.13. The third kappa shape index (κ3) is 2.46. The van der Waals surface area contributed by atoms with Crippen LogP contribution in [0.5, 0.6) is 0 Å². The summed E-state index contributed by atoms with van der Waals surface area (Å²) in [5.74, 6) is 0. The molecule has 0 aliphatic carbocycles. The van der Waals surface area contributed by atoms with Gasteiger partial charge < -0.3 is 9.47 Å². The maximum atomic E-state index is 5.49. The van der Waals surface area contributed by atoms with Gasteiger partial charge in [-0.25, -0.2) is 0 Å². The van der Waals surface area contributed by atoms with E-state index in [9.17, 15) is 0 Å². The van der Waals surface area contributed by atoms with E-state index in [0.29, 0.717) is 12.2 Å². The quantitative estimate of drug-likeness (QED) is 0.608. The molecule has 2 heteroatoms.